The highest BCUT2D eigenvalue weighted by molar-refractivity contribution is 4.86. The molecule has 3 heteroatoms. The van der Waals surface area contributed by atoms with E-state index in [1.54, 1.807) is 0 Å². The van der Waals surface area contributed by atoms with Gasteiger partial charge in [-0.3, -0.25) is 0 Å². The number of hydrogen-bond acceptors (Lipinski definition) is 3. The quantitative estimate of drug-likeness (QED) is 0.653. The molecule has 14 heavy (non-hydrogen) atoms. The van der Waals surface area contributed by atoms with Crippen molar-refractivity contribution in [3.8, 4) is 0 Å². The van der Waals surface area contributed by atoms with Crippen molar-refractivity contribution in [1.82, 2.24) is 0 Å². The van der Waals surface area contributed by atoms with Crippen molar-refractivity contribution in [2.45, 2.75) is 50.4 Å². The van der Waals surface area contributed by atoms with E-state index in [1.165, 1.54) is 0 Å². The minimum Gasteiger partial charge on any atom is -0.376 e. The van der Waals surface area contributed by atoms with Crippen LogP contribution in [-0.2, 0) is 14.2 Å². The average molecular weight is 203 g/mol. The molecule has 3 nitrogen and oxygen atoms in total. The summed E-state index contributed by atoms with van der Waals surface area (Å²) in [5.74, 6) is -0.816. The van der Waals surface area contributed by atoms with Crippen LogP contribution >= 0.6 is 0 Å². The zero-order valence-corrected chi connectivity index (χ0v) is 8.46. The van der Waals surface area contributed by atoms with Gasteiger partial charge in [-0.2, -0.15) is 0 Å². The van der Waals surface area contributed by atoms with Gasteiger partial charge >= 0.3 is 0 Å². The molecule has 1 saturated heterocycles. The van der Waals surface area contributed by atoms with Gasteiger partial charge in [0.15, 0.2) is 5.79 Å². The van der Waals surface area contributed by atoms with E-state index in [4.69, 9.17) is 18.3 Å². The van der Waals surface area contributed by atoms with E-state index >= 15 is 0 Å². The summed E-state index contributed by atoms with van der Waals surface area (Å²) in [5.41, 5.74) is 0. The van der Waals surface area contributed by atoms with Gasteiger partial charge in [0.1, 0.15) is 6.10 Å². The van der Waals surface area contributed by atoms with Crippen LogP contribution in [0.1, 0.15) is 42.6 Å². The highest BCUT2D eigenvalue weighted by atomic mass is 16.7. The molecule has 2 aliphatic rings. The second-order valence-corrected chi connectivity index (χ2v) is 4.07. The number of ether oxygens (including phenoxy) is 3. The molecular formula is C11H20O3. The van der Waals surface area contributed by atoms with Gasteiger partial charge in [0.25, 0.3) is 0 Å². The Morgan fingerprint density at radius 3 is 2.71 bits per heavy atom. The number of methoxy groups -OCH3 is 1. The van der Waals surface area contributed by atoms with Crippen molar-refractivity contribution in [2.75, 3.05) is 20.3 Å². The maximum Gasteiger partial charge on any atom is 0.194 e. The summed E-state index contributed by atoms with van der Waals surface area (Å²) in [7, 11) is -2.38. The van der Waals surface area contributed by atoms with E-state index in [1.807, 2.05) is 0 Å². The second kappa shape index (κ2) is 4.60. The second-order valence-electron chi connectivity index (χ2n) is 4.07. The Kier molecular flexibility index (Phi) is 2.37. The molecule has 1 unspecified atom stereocenters. The van der Waals surface area contributed by atoms with Gasteiger partial charge in [0, 0.05) is 13.5 Å². The SMILES string of the molecule is [2H]C([2H])([2H])OC1CCCCC12OCCCCO2. The normalized spacial score (nSPS) is 36.9. The van der Waals surface area contributed by atoms with Crippen molar-refractivity contribution >= 4 is 0 Å². The van der Waals surface area contributed by atoms with E-state index < -0.39 is 18.9 Å². The van der Waals surface area contributed by atoms with Crippen LogP contribution in [0.25, 0.3) is 0 Å². The first-order valence-corrected chi connectivity index (χ1v) is 5.48. The first-order valence-electron chi connectivity index (χ1n) is 6.98. The zero-order valence-electron chi connectivity index (χ0n) is 11.5. The molecule has 1 saturated carbocycles. The minimum absolute atomic E-state index is 0.471. The minimum atomic E-state index is -2.38. The third-order valence-electron chi connectivity index (χ3n) is 3.11. The Morgan fingerprint density at radius 2 is 2.00 bits per heavy atom. The van der Waals surface area contributed by atoms with Crippen LogP contribution in [-0.4, -0.2) is 32.1 Å². The summed E-state index contributed by atoms with van der Waals surface area (Å²) >= 11 is 0. The fourth-order valence-electron chi connectivity index (χ4n) is 2.30. The Balaban J connectivity index is 2.09. The lowest BCUT2D eigenvalue weighted by Gasteiger charge is -2.41. The van der Waals surface area contributed by atoms with Crippen molar-refractivity contribution in [3.63, 3.8) is 0 Å². The van der Waals surface area contributed by atoms with Gasteiger partial charge in [0.2, 0.25) is 0 Å². The molecular weight excluding hydrogens is 180 g/mol. The van der Waals surface area contributed by atoms with E-state index in [9.17, 15) is 0 Å². The Bertz CT molecular complexity index is 247. The van der Waals surface area contributed by atoms with Gasteiger partial charge < -0.3 is 14.2 Å². The molecule has 0 radical (unpaired) electrons. The highest BCUT2D eigenvalue weighted by Gasteiger charge is 2.44. The van der Waals surface area contributed by atoms with Gasteiger partial charge in [-0.15, -0.1) is 0 Å². The molecule has 1 aliphatic heterocycles. The molecule has 1 atom stereocenters. The first-order chi connectivity index (χ1) is 8.02. The molecule has 2 fully saturated rings. The summed E-state index contributed by atoms with van der Waals surface area (Å²) in [6, 6.07) is 0. The first kappa shape index (κ1) is 7.20. The summed E-state index contributed by atoms with van der Waals surface area (Å²) < 4.78 is 38.4. The fraction of sp³-hybridized carbons (Fsp3) is 1.00. The zero-order chi connectivity index (χ0) is 12.4. The molecule has 0 aromatic heterocycles. The Morgan fingerprint density at radius 1 is 1.21 bits per heavy atom. The van der Waals surface area contributed by atoms with E-state index in [2.05, 4.69) is 0 Å². The molecule has 0 amide bonds. The van der Waals surface area contributed by atoms with Crippen LogP contribution in [0.4, 0.5) is 0 Å². The summed E-state index contributed by atoms with van der Waals surface area (Å²) in [6.45, 7) is 1.25. The van der Waals surface area contributed by atoms with E-state index in [0.29, 0.717) is 19.6 Å². The van der Waals surface area contributed by atoms with Crippen molar-refractivity contribution in [1.29, 1.82) is 0 Å². The van der Waals surface area contributed by atoms with Crippen LogP contribution in [0, 0.1) is 0 Å². The molecule has 82 valence electrons. The van der Waals surface area contributed by atoms with Crippen LogP contribution in [0.3, 0.4) is 0 Å². The molecule has 0 bridgehead atoms. The smallest absolute Gasteiger partial charge is 0.194 e. The largest absolute Gasteiger partial charge is 0.376 e. The van der Waals surface area contributed by atoms with Gasteiger partial charge in [-0.05, 0) is 25.7 Å². The third-order valence-corrected chi connectivity index (χ3v) is 3.11. The fourth-order valence-corrected chi connectivity index (χ4v) is 2.30. The highest BCUT2D eigenvalue weighted by Crippen LogP contribution is 2.36. The predicted molar refractivity (Wildman–Crippen MR) is 53.1 cm³/mol. The van der Waals surface area contributed by atoms with Crippen molar-refractivity contribution in [3.05, 3.63) is 0 Å². The van der Waals surface area contributed by atoms with E-state index in [-0.39, 0.29) is 0 Å². The van der Waals surface area contributed by atoms with Gasteiger partial charge in [-0.1, -0.05) is 6.42 Å². The van der Waals surface area contributed by atoms with Crippen molar-refractivity contribution in [2.24, 2.45) is 0 Å². The predicted octanol–water partition coefficient (Wildman–Crippen LogP) is 2.10. The van der Waals surface area contributed by atoms with Gasteiger partial charge in [0.05, 0.1) is 17.3 Å². The topological polar surface area (TPSA) is 27.7 Å². The number of hydrogen-bond donors (Lipinski definition) is 0. The molecule has 0 N–H and O–H groups in total. The van der Waals surface area contributed by atoms with Gasteiger partial charge in [-0.25, -0.2) is 0 Å². The Labute approximate surface area is 89.9 Å². The summed E-state index contributed by atoms with van der Waals surface area (Å²) in [5, 5.41) is 0. The maximum absolute atomic E-state index is 7.22. The molecule has 2 rings (SSSR count). The average Bonchev–Trinajstić information content (AvgIpc) is 2.47. The monoisotopic (exact) mass is 203 g/mol. The van der Waals surface area contributed by atoms with E-state index in [0.717, 1.165) is 32.1 Å². The standard InChI is InChI=1S/C11H20O3/c1-12-10-6-2-3-7-11(10)13-8-4-5-9-14-11/h10H,2-9H2,1H3/i1D3. The number of rotatable bonds is 1. The van der Waals surface area contributed by atoms with Crippen molar-refractivity contribution < 1.29 is 18.3 Å². The lowest BCUT2D eigenvalue weighted by Crippen LogP contribution is -2.50. The summed E-state index contributed by atoms with van der Waals surface area (Å²) in [4.78, 5) is 0. The third kappa shape index (κ3) is 1.95. The summed E-state index contributed by atoms with van der Waals surface area (Å²) in [6.07, 6.45) is 4.84. The lowest BCUT2D eigenvalue weighted by atomic mass is 9.91. The van der Waals surface area contributed by atoms with Crippen LogP contribution < -0.4 is 0 Å². The molecule has 0 aromatic carbocycles. The Hall–Kier alpha value is -0.120. The van der Waals surface area contributed by atoms with Crippen LogP contribution in [0.2, 0.25) is 0 Å². The molecule has 0 aromatic rings. The van der Waals surface area contributed by atoms with Crippen LogP contribution in [0.5, 0.6) is 0 Å². The molecule has 1 aliphatic carbocycles. The molecule has 1 heterocycles. The maximum atomic E-state index is 7.22. The molecule has 1 spiro atoms. The lowest BCUT2D eigenvalue weighted by molar-refractivity contribution is -0.291. The van der Waals surface area contributed by atoms with Crippen LogP contribution in [0.15, 0.2) is 0 Å².